The Labute approximate surface area is 108 Å². The zero-order valence-electron chi connectivity index (χ0n) is 10.5. The van der Waals surface area contributed by atoms with Crippen LogP contribution >= 0.6 is 0 Å². The molecule has 7 heteroatoms. The molecule has 0 fully saturated rings. The van der Waals surface area contributed by atoms with Crippen molar-refractivity contribution < 1.29 is 8.42 Å². The van der Waals surface area contributed by atoms with E-state index in [1.807, 2.05) is 12.1 Å². The van der Waals surface area contributed by atoms with Gasteiger partial charge >= 0.3 is 0 Å². The normalized spacial score (nSPS) is 11.6. The fraction of sp³-hybridized carbons (Fsp3) is 0.545. The van der Waals surface area contributed by atoms with Crippen LogP contribution in [0, 0.1) is 0 Å². The number of nitrogens with zero attached hydrogens (tertiary/aromatic N) is 1. The molecular weight excluding hydrogens is 252 g/mol. The SMILES string of the molecule is CCNS(=O)(=O)NCCCNCc1cccnc1. The zero-order valence-corrected chi connectivity index (χ0v) is 11.3. The standard InChI is InChI=1S/C11H20N4O2S/c1-2-14-18(16,17)15-8-4-7-13-10-11-5-3-6-12-9-11/h3,5-6,9,13-15H,2,4,7-8,10H2,1H3. The van der Waals surface area contributed by atoms with Crippen LogP contribution in [0.15, 0.2) is 24.5 Å². The monoisotopic (exact) mass is 272 g/mol. The lowest BCUT2D eigenvalue weighted by atomic mass is 10.3. The van der Waals surface area contributed by atoms with Gasteiger partial charge in [-0.3, -0.25) is 4.98 Å². The number of aromatic nitrogens is 1. The third kappa shape index (κ3) is 6.65. The summed E-state index contributed by atoms with van der Waals surface area (Å²) in [4.78, 5) is 4.01. The number of nitrogens with one attached hydrogen (secondary N) is 3. The Bertz CT molecular complexity index is 422. The summed E-state index contributed by atoms with van der Waals surface area (Å²) in [6.07, 6.45) is 4.28. The highest BCUT2D eigenvalue weighted by atomic mass is 32.2. The van der Waals surface area contributed by atoms with Crippen LogP contribution in [0.5, 0.6) is 0 Å². The Hall–Kier alpha value is -1.02. The summed E-state index contributed by atoms with van der Waals surface area (Å²) >= 11 is 0. The van der Waals surface area contributed by atoms with E-state index in [4.69, 9.17) is 0 Å². The van der Waals surface area contributed by atoms with Crippen molar-refractivity contribution in [1.29, 1.82) is 0 Å². The van der Waals surface area contributed by atoms with Gasteiger partial charge in [0.15, 0.2) is 0 Å². The largest absolute Gasteiger partial charge is 0.313 e. The molecule has 0 unspecified atom stereocenters. The van der Waals surface area contributed by atoms with Gasteiger partial charge in [0.25, 0.3) is 10.2 Å². The third-order valence-electron chi connectivity index (χ3n) is 2.21. The molecule has 6 nitrogen and oxygen atoms in total. The lowest BCUT2D eigenvalue weighted by Crippen LogP contribution is -2.37. The van der Waals surface area contributed by atoms with Crippen molar-refractivity contribution in [3.05, 3.63) is 30.1 Å². The van der Waals surface area contributed by atoms with Crippen molar-refractivity contribution in [3.63, 3.8) is 0 Å². The fourth-order valence-electron chi connectivity index (χ4n) is 1.40. The van der Waals surface area contributed by atoms with E-state index >= 15 is 0 Å². The van der Waals surface area contributed by atoms with Gasteiger partial charge in [-0.1, -0.05) is 13.0 Å². The molecular formula is C11H20N4O2S. The quantitative estimate of drug-likeness (QED) is 0.553. The second kappa shape index (κ2) is 8.15. The summed E-state index contributed by atoms with van der Waals surface area (Å²) in [5.74, 6) is 0. The molecule has 0 bridgehead atoms. The molecule has 1 aromatic rings. The van der Waals surface area contributed by atoms with Crippen LogP contribution in [0.3, 0.4) is 0 Å². The van der Waals surface area contributed by atoms with Gasteiger partial charge in [-0.05, 0) is 24.6 Å². The van der Waals surface area contributed by atoms with E-state index in [-0.39, 0.29) is 0 Å². The Kier molecular flexibility index (Phi) is 6.81. The molecule has 0 aromatic carbocycles. The molecule has 0 aliphatic carbocycles. The minimum Gasteiger partial charge on any atom is -0.313 e. The van der Waals surface area contributed by atoms with Gasteiger partial charge < -0.3 is 5.32 Å². The van der Waals surface area contributed by atoms with Crippen LogP contribution in [-0.2, 0) is 16.8 Å². The van der Waals surface area contributed by atoms with Gasteiger partial charge in [0, 0.05) is 32.0 Å². The summed E-state index contributed by atoms with van der Waals surface area (Å²) in [6.45, 7) is 4.07. The predicted molar refractivity (Wildman–Crippen MR) is 71.2 cm³/mol. The molecule has 0 aliphatic rings. The second-order valence-electron chi connectivity index (χ2n) is 3.79. The van der Waals surface area contributed by atoms with Crippen molar-refractivity contribution in [3.8, 4) is 0 Å². The van der Waals surface area contributed by atoms with E-state index in [0.717, 1.165) is 25.1 Å². The topological polar surface area (TPSA) is 83.1 Å². The number of hydrogen-bond donors (Lipinski definition) is 3. The first-order chi connectivity index (χ1) is 8.64. The fourth-order valence-corrected chi connectivity index (χ4v) is 2.29. The van der Waals surface area contributed by atoms with Crippen molar-refractivity contribution in [1.82, 2.24) is 19.7 Å². The Morgan fingerprint density at radius 1 is 1.28 bits per heavy atom. The van der Waals surface area contributed by atoms with E-state index in [9.17, 15) is 8.42 Å². The molecule has 3 N–H and O–H groups in total. The highest BCUT2D eigenvalue weighted by Crippen LogP contribution is 1.93. The van der Waals surface area contributed by atoms with Crippen LogP contribution < -0.4 is 14.8 Å². The maximum Gasteiger partial charge on any atom is 0.276 e. The highest BCUT2D eigenvalue weighted by molar-refractivity contribution is 7.87. The zero-order chi connectivity index (χ0) is 13.3. The van der Waals surface area contributed by atoms with Gasteiger partial charge in [0.1, 0.15) is 0 Å². The minimum atomic E-state index is -3.31. The lowest BCUT2D eigenvalue weighted by molar-refractivity contribution is 0.562. The van der Waals surface area contributed by atoms with Crippen molar-refractivity contribution in [2.24, 2.45) is 0 Å². The van der Waals surface area contributed by atoms with Crippen molar-refractivity contribution in [2.45, 2.75) is 19.9 Å². The molecule has 102 valence electrons. The second-order valence-corrected chi connectivity index (χ2v) is 5.37. The summed E-state index contributed by atoms with van der Waals surface area (Å²) in [7, 11) is -3.31. The summed E-state index contributed by atoms with van der Waals surface area (Å²) in [6, 6.07) is 3.88. The molecule has 1 heterocycles. The molecule has 18 heavy (non-hydrogen) atoms. The predicted octanol–water partition coefficient (Wildman–Crippen LogP) is 0.00520. The smallest absolute Gasteiger partial charge is 0.276 e. The van der Waals surface area contributed by atoms with Gasteiger partial charge in [-0.2, -0.15) is 8.42 Å². The first kappa shape index (κ1) is 15.0. The maximum absolute atomic E-state index is 11.2. The van der Waals surface area contributed by atoms with Gasteiger partial charge in [-0.15, -0.1) is 0 Å². The number of pyridine rings is 1. The Balaban J connectivity index is 2.06. The average Bonchev–Trinajstić information content (AvgIpc) is 2.35. The number of rotatable bonds is 9. The molecule has 0 aliphatic heterocycles. The van der Waals surface area contributed by atoms with E-state index in [0.29, 0.717) is 13.1 Å². The first-order valence-electron chi connectivity index (χ1n) is 5.98. The van der Waals surface area contributed by atoms with Gasteiger partial charge in [0.05, 0.1) is 0 Å². The van der Waals surface area contributed by atoms with Crippen molar-refractivity contribution >= 4 is 10.2 Å². The molecule has 0 saturated carbocycles. The van der Waals surface area contributed by atoms with Gasteiger partial charge in [-0.25, -0.2) is 9.44 Å². The van der Waals surface area contributed by atoms with Crippen LogP contribution in [0.25, 0.3) is 0 Å². The molecule has 1 rings (SSSR count). The molecule has 0 amide bonds. The third-order valence-corrected chi connectivity index (χ3v) is 3.46. The summed E-state index contributed by atoms with van der Waals surface area (Å²) in [5, 5.41) is 3.22. The molecule has 1 aromatic heterocycles. The molecule has 0 atom stereocenters. The van der Waals surface area contributed by atoms with Crippen molar-refractivity contribution in [2.75, 3.05) is 19.6 Å². The lowest BCUT2D eigenvalue weighted by Gasteiger charge is -2.07. The van der Waals surface area contributed by atoms with E-state index in [1.54, 1.807) is 19.3 Å². The number of hydrogen-bond acceptors (Lipinski definition) is 4. The van der Waals surface area contributed by atoms with Crippen LogP contribution in [0.2, 0.25) is 0 Å². The average molecular weight is 272 g/mol. The Morgan fingerprint density at radius 2 is 2.11 bits per heavy atom. The van der Waals surface area contributed by atoms with E-state index < -0.39 is 10.2 Å². The van der Waals surface area contributed by atoms with Gasteiger partial charge in [0.2, 0.25) is 0 Å². The maximum atomic E-state index is 11.2. The first-order valence-corrected chi connectivity index (χ1v) is 7.46. The molecule has 0 saturated heterocycles. The summed E-state index contributed by atoms with van der Waals surface area (Å²) < 4.78 is 27.3. The van der Waals surface area contributed by atoms with Crippen LogP contribution in [0.1, 0.15) is 18.9 Å². The van der Waals surface area contributed by atoms with Crippen LogP contribution in [-0.4, -0.2) is 33.0 Å². The molecule has 0 spiro atoms. The molecule has 0 radical (unpaired) electrons. The van der Waals surface area contributed by atoms with E-state index in [2.05, 4.69) is 19.7 Å². The summed E-state index contributed by atoms with van der Waals surface area (Å²) in [5.41, 5.74) is 1.12. The van der Waals surface area contributed by atoms with Crippen LogP contribution in [0.4, 0.5) is 0 Å². The van der Waals surface area contributed by atoms with E-state index in [1.165, 1.54) is 0 Å². The minimum absolute atomic E-state index is 0.397. The Morgan fingerprint density at radius 3 is 2.78 bits per heavy atom. The highest BCUT2D eigenvalue weighted by Gasteiger charge is 2.04.